The SMILES string of the molecule is O=S(=O)(CCc1ccccn1)Nc1ncc(Br)s1. The van der Waals surface area contributed by atoms with E-state index in [1.54, 1.807) is 24.5 Å². The summed E-state index contributed by atoms with van der Waals surface area (Å²) in [5, 5.41) is 0.364. The Labute approximate surface area is 117 Å². The van der Waals surface area contributed by atoms with Gasteiger partial charge in [-0.25, -0.2) is 13.4 Å². The van der Waals surface area contributed by atoms with Crippen LogP contribution in [0.2, 0.25) is 0 Å². The van der Waals surface area contributed by atoms with Crippen molar-refractivity contribution in [2.24, 2.45) is 0 Å². The molecule has 0 saturated heterocycles. The number of hydrogen-bond donors (Lipinski definition) is 1. The van der Waals surface area contributed by atoms with E-state index in [1.165, 1.54) is 11.3 Å². The molecule has 0 aliphatic rings. The van der Waals surface area contributed by atoms with Crippen LogP contribution in [0.5, 0.6) is 0 Å². The highest BCUT2D eigenvalue weighted by Crippen LogP contribution is 2.23. The quantitative estimate of drug-likeness (QED) is 0.900. The smallest absolute Gasteiger partial charge is 0.234 e. The Kier molecular flexibility index (Phi) is 4.31. The van der Waals surface area contributed by atoms with Crippen LogP contribution in [0.4, 0.5) is 5.13 Å². The molecule has 2 aromatic heterocycles. The molecule has 5 nitrogen and oxygen atoms in total. The standard InChI is InChI=1S/C10H10BrN3O2S2/c11-9-7-13-10(17-9)14-18(15,16)6-4-8-3-1-2-5-12-8/h1-3,5,7H,4,6H2,(H,13,14). The van der Waals surface area contributed by atoms with Gasteiger partial charge in [0.15, 0.2) is 5.13 Å². The topological polar surface area (TPSA) is 72.0 Å². The monoisotopic (exact) mass is 347 g/mol. The molecule has 0 radical (unpaired) electrons. The Balaban J connectivity index is 1.96. The number of aryl methyl sites for hydroxylation is 1. The minimum absolute atomic E-state index is 0.0127. The highest BCUT2D eigenvalue weighted by molar-refractivity contribution is 9.11. The third-order valence-corrected chi connectivity index (χ3v) is 4.84. The molecule has 0 atom stereocenters. The van der Waals surface area contributed by atoms with Crippen molar-refractivity contribution in [2.75, 3.05) is 10.5 Å². The Morgan fingerprint density at radius 2 is 2.17 bits per heavy atom. The van der Waals surface area contributed by atoms with Gasteiger partial charge in [0.1, 0.15) is 0 Å². The van der Waals surface area contributed by atoms with E-state index in [-0.39, 0.29) is 5.75 Å². The van der Waals surface area contributed by atoms with Crippen molar-refractivity contribution >= 4 is 42.4 Å². The van der Waals surface area contributed by atoms with Gasteiger partial charge < -0.3 is 0 Å². The second-order valence-electron chi connectivity index (χ2n) is 3.46. The number of nitrogens with zero attached hydrogens (tertiary/aromatic N) is 2. The third-order valence-electron chi connectivity index (χ3n) is 2.07. The van der Waals surface area contributed by atoms with Crippen molar-refractivity contribution in [1.82, 2.24) is 9.97 Å². The van der Waals surface area contributed by atoms with Crippen molar-refractivity contribution < 1.29 is 8.42 Å². The van der Waals surface area contributed by atoms with E-state index >= 15 is 0 Å². The highest BCUT2D eigenvalue weighted by Gasteiger charge is 2.13. The summed E-state index contributed by atoms with van der Waals surface area (Å²) < 4.78 is 26.8. The zero-order valence-corrected chi connectivity index (χ0v) is 12.4. The number of halogens is 1. The molecule has 0 bridgehead atoms. The number of pyridine rings is 1. The molecule has 2 rings (SSSR count). The van der Waals surface area contributed by atoms with Gasteiger partial charge in [-0.3, -0.25) is 9.71 Å². The van der Waals surface area contributed by atoms with Crippen LogP contribution in [0, 0.1) is 0 Å². The molecule has 0 spiro atoms. The predicted molar refractivity (Wildman–Crippen MR) is 75.2 cm³/mol. The van der Waals surface area contributed by atoms with Crippen LogP contribution >= 0.6 is 27.3 Å². The van der Waals surface area contributed by atoms with Crippen molar-refractivity contribution in [2.45, 2.75) is 6.42 Å². The second-order valence-corrected chi connectivity index (χ2v) is 7.71. The van der Waals surface area contributed by atoms with Crippen molar-refractivity contribution in [1.29, 1.82) is 0 Å². The molecule has 8 heteroatoms. The molecule has 0 amide bonds. The van der Waals surface area contributed by atoms with E-state index in [2.05, 4.69) is 30.6 Å². The molecule has 0 aliphatic carbocycles. The van der Waals surface area contributed by atoms with Gasteiger partial charge in [0, 0.05) is 18.3 Å². The molecule has 0 aliphatic heterocycles. The maximum absolute atomic E-state index is 11.8. The van der Waals surface area contributed by atoms with E-state index in [1.807, 2.05) is 6.07 Å². The molecule has 0 saturated carbocycles. The minimum Gasteiger partial charge on any atom is -0.261 e. The predicted octanol–water partition coefficient (Wildman–Crippen LogP) is 2.29. The van der Waals surface area contributed by atoms with Crippen LogP contribution < -0.4 is 4.72 Å². The number of sulfonamides is 1. The van der Waals surface area contributed by atoms with E-state index < -0.39 is 10.0 Å². The number of thiazole rings is 1. The average molecular weight is 348 g/mol. The summed E-state index contributed by atoms with van der Waals surface area (Å²) in [6.07, 6.45) is 3.58. The molecule has 0 aromatic carbocycles. The van der Waals surface area contributed by atoms with Crippen LogP contribution in [0.15, 0.2) is 34.4 Å². The number of hydrogen-bond acceptors (Lipinski definition) is 5. The molecule has 2 heterocycles. The molecule has 18 heavy (non-hydrogen) atoms. The minimum atomic E-state index is -3.38. The van der Waals surface area contributed by atoms with Gasteiger partial charge in [-0.2, -0.15) is 0 Å². The summed E-state index contributed by atoms with van der Waals surface area (Å²) in [5.74, 6) is -0.0127. The Morgan fingerprint density at radius 3 is 2.78 bits per heavy atom. The lowest BCUT2D eigenvalue weighted by atomic mass is 10.3. The Bertz CT molecular complexity index is 613. The van der Waals surface area contributed by atoms with Gasteiger partial charge in [-0.05, 0) is 28.1 Å². The van der Waals surface area contributed by atoms with Gasteiger partial charge in [0.25, 0.3) is 0 Å². The summed E-state index contributed by atoms with van der Waals surface area (Å²) in [5.41, 5.74) is 0.753. The molecule has 0 unspecified atom stereocenters. The van der Waals surface area contributed by atoms with Crippen molar-refractivity contribution in [3.05, 3.63) is 40.1 Å². The zero-order valence-electron chi connectivity index (χ0n) is 9.21. The summed E-state index contributed by atoms with van der Waals surface area (Å²) in [7, 11) is -3.38. The van der Waals surface area contributed by atoms with E-state index in [4.69, 9.17) is 0 Å². The molecular formula is C10H10BrN3O2S2. The third kappa shape index (κ3) is 4.04. The van der Waals surface area contributed by atoms with Crippen LogP contribution in [0.1, 0.15) is 5.69 Å². The molecule has 0 fully saturated rings. The number of nitrogens with one attached hydrogen (secondary N) is 1. The number of rotatable bonds is 5. The first-order valence-electron chi connectivity index (χ1n) is 5.07. The van der Waals surface area contributed by atoms with E-state index in [0.29, 0.717) is 11.6 Å². The maximum Gasteiger partial charge on any atom is 0.234 e. The first-order valence-corrected chi connectivity index (χ1v) is 8.33. The van der Waals surface area contributed by atoms with Gasteiger partial charge in [-0.15, -0.1) is 0 Å². The lowest BCUT2D eigenvalue weighted by Gasteiger charge is -2.04. The van der Waals surface area contributed by atoms with Crippen LogP contribution in [0.25, 0.3) is 0 Å². The lowest BCUT2D eigenvalue weighted by molar-refractivity contribution is 0.600. The summed E-state index contributed by atoms with van der Waals surface area (Å²) in [6, 6.07) is 5.43. The fourth-order valence-electron chi connectivity index (χ4n) is 1.27. The van der Waals surface area contributed by atoms with Crippen molar-refractivity contribution in [3.8, 4) is 0 Å². The van der Waals surface area contributed by atoms with Crippen molar-refractivity contribution in [3.63, 3.8) is 0 Å². The number of anilines is 1. The largest absolute Gasteiger partial charge is 0.261 e. The number of aromatic nitrogens is 2. The van der Waals surface area contributed by atoms with Crippen LogP contribution in [-0.4, -0.2) is 24.1 Å². The first-order chi connectivity index (χ1) is 8.55. The summed E-state index contributed by atoms with van der Waals surface area (Å²) >= 11 is 4.46. The van der Waals surface area contributed by atoms with Gasteiger partial charge in [0.2, 0.25) is 10.0 Å². The first kappa shape index (κ1) is 13.4. The van der Waals surface area contributed by atoms with E-state index in [9.17, 15) is 8.42 Å². The average Bonchev–Trinajstić information content (AvgIpc) is 2.73. The summed E-state index contributed by atoms with van der Waals surface area (Å²) in [4.78, 5) is 8.00. The lowest BCUT2D eigenvalue weighted by Crippen LogP contribution is -2.18. The van der Waals surface area contributed by atoms with Gasteiger partial charge in [-0.1, -0.05) is 17.4 Å². The Hall–Kier alpha value is -0.990. The Morgan fingerprint density at radius 1 is 1.33 bits per heavy atom. The fourth-order valence-corrected chi connectivity index (χ4v) is 3.67. The zero-order chi connectivity index (χ0) is 13.0. The molecule has 2 aromatic rings. The highest BCUT2D eigenvalue weighted by atomic mass is 79.9. The molecule has 1 N–H and O–H groups in total. The molecule has 96 valence electrons. The maximum atomic E-state index is 11.8. The van der Waals surface area contributed by atoms with Crippen LogP contribution in [-0.2, 0) is 16.4 Å². The normalized spacial score (nSPS) is 11.4. The summed E-state index contributed by atoms with van der Waals surface area (Å²) in [6.45, 7) is 0. The van der Waals surface area contributed by atoms with Gasteiger partial charge in [0.05, 0.1) is 15.7 Å². The fraction of sp³-hybridized carbons (Fsp3) is 0.200. The van der Waals surface area contributed by atoms with Gasteiger partial charge >= 0.3 is 0 Å². The van der Waals surface area contributed by atoms with E-state index in [0.717, 1.165) is 9.48 Å². The molecular weight excluding hydrogens is 338 g/mol. The van der Waals surface area contributed by atoms with Crippen LogP contribution in [0.3, 0.4) is 0 Å². The second kappa shape index (κ2) is 5.77.